The van der Waals surface area contributed by atoms with Crippen LogP contribution in [0.15, 0.2) is 23.6 Å². The van der Waals surface area contributed by atoms with E-state index in [1.165, 1.54) is 38.6 Å². The number of hydrogen-bond donors (Lipinski definition) is 1. The summed E-state index contributed by atoms with van der Waals surface area (Å²) < 4.78 is 0. The van der Waals surface area contributed by atoms with E-state index >= 15 is 0 Å². The number of thioether (sulfide) groups is 1. The Bertz CT molecular complexity index is 299. The smallest absolute Gasteiger partial charge is 0.116 e. The Morgan fingerprint density at radius 3 is 2.94 bits per heavy atom. The molecule has 2 rings (SSSR count). The summed E-state index contributed by atoms with van der Waals surface area (Å²) in [6.45, 7) is 2.27. The van der Waals surface area contributed by atoms with E-state index < -0.39 is 0 Å². The monoisotopic (exact) mass is 251 g/mol. The van der Waals surface area contributed by atoms with E-state index in [1.54, 1.807) is 24.3 Å². The van der Waals surface area contributed by atoms with E-state index in [-0.39, 0.29) is 0 Å². The van der Waals surface area contributed by atoms with Crippen LogP contribution < -0.4 is 5.32 Å². The Kier molecular flexibility index (Phi) is 5.79. The topological polar surface area (TPSA) is 37.8 Å². The molecule has 0 saturated heterocycles. The van der Waals surface area contributed by atoms with E-state index in [1.807, 2.05) is 6.07 Å². The van der Waals surface area contributed by atoms with Crippen molar-refractivity contribution in [3.63, 3.8) is 0 Å². The Morgan fingerprint density at radius 2 is 2.18 bits per heavy atom. The van der Waals surface area contributed by atoms with Crippen molar-refractivity contribution in [2.75, 3.05) is 18.8 Å². The maximum absolute atomic E-state index is 4.19. The molecular weight excluding hydrogens is 230 g/mol. The molecule has 0 unspecified atom stereocenters. The standard InChI is InChI=1S/C13H21N3S/c1-2-4-12(5-3-1)10-14-8-9-17-13-6-7-15-11-16-13/h6-7,11-12,14H,1-5,8-10H2. The summed E-state index contributed by atoms with van der Waals surface area (Å²) in [5.41, 5.74) is 0. The molecule has 0 radical (unpaired) electrons. The van der Waals surface area contributed by atoms with Gasteiger partial charge in [0.1, 0.15) is 6.33 Å². The van der Waals surface area contributed by atoms with Gasteiger partial charge in [-0.25, -0.2) is 9.97 Å². The predicted molar refractivity (Wildman–Crippen MR) is 72.2 cm³/mol. The van der Waals surface area contributed by atoms with Crippen LogP contribution in [0, 0.1) is 5.92 Å². The van der Waals surface area contributed by atoms with Gasteiger partial charge in [-0.3, -0.25) is 0 Å². The lowest BCUT2D eigenvalue weighted by Gasteiger charge is -2.21. The van der Waals surface area contributed by atoms with Crippen molar-refractivity contribution in [1.29, 1.82) is 0 Å². The minimum Gasteiger partial charge on any atom is -0.316 e. The van der Waals surface area contributed by atoms with E-state index in [4.69, 9.17) is 0 Å². The van der Waals surface area contributed by atoms with Crippen molar-refractivity contribution in [3.05, 3.63) is 18.6 Å². The zero-order chi connectivity index (χ0) is 11.8. The number of aromatic nitrogens is 2. The van der Waals surface area contributed by atoms with Gasteiger partial charge in [-0.05, 0) is 31.4 Å². The summed E-state index contributed by atoms with van der Waals surface area (Å²) in [6, 6.07) is 1.96. The molecule has 1 aliphatic carbocycles. The molecule has 1 saturated carbocycles. The van der Waals surface area contributed by atoms with Gasteiger partial charge in [0.25, 0.3) is 0 Å². The van der Waals surface area contributed by atoms with Crippen LogP contribution in [0.4, 0.5) is 0 Å². The van der Waals surface area contributed by atoms with Crippen LogP contribution in [-0.2, 0) is 0 Å². The largest absolute Gasteiger partial charge is 0.316 e. The number of rotatable bonds is 6. The van der Waals surface area contributed by atoms with Crippen LogP contribution in [0.2, 0.25) is 0 Å². The fourth-order valence-corrected chi connectivity index (χ4v) is 3.02. The molecule has 0 aliphatic heterocycles. The highest BCUT2D eigenvalue weighted by Gasteiger charge is 2.12. The SMILES string of the molecule is c1cc(SCCNCC2CCCCC2)ncn1. The molecule has 1 aromatic heterocycles. The molecule has 0 amide bonds. The Hall–Kier alpha value is -0.610. The zero-order valence-electron chi connectivity index (χ0n) is 10.3. The van der Waals surface area contributed by atoms with Crippen LogP contribution in [0.1, 0.15) is 32.1 Å². The molecule has 1 aromatic rings. The van der Waals surface area contributed by atoms with Gasteiger partial charge in [-0.1, -0.05) is 19.3 Å². The molecule has 17 heavy (non-hydrogen) atoms. The van der Waals surface area contributed by atoms with Crippen molar-refractivity contribution >= 4 is 11.8 Å². The Balaban J connectivity index is 1.51. The molecule has 0 bridgehead atoms. The maximum Gasteiger partial charge on any atom is 0.116 e. The van der Waals surface area contributed by atoms with E-state index in [2.05, 4.69) is 15.3 Å². The number of hydrogen-bond acceptors (Lipinski definition) is 4. The first-order valence-electron chi connectivity index (χ1n) is 6.54. The molecule has 0 aromatic carbocycles. The van der Waals surface area contributed by atoms with Gasteiger partial charge in [0.2, 0.25) is 0 Å². The van der Waals surface area contributed by atoms with Crippen molar-refractivity contribution in [2.45, 2.75) is 37.1 Å². The van der Waals surface area contributed by atoms with Crippen LogP contribution >= 0.6 is 11.8 Å². The summed E-state index contributed by atoms with van der Waals surface area (Å²) in [7, 11) is 0. The fraction of sp³-hybridized carbons (Fsp3) is 0.692. The molecule has 1 N–H and O–H groups in total. The highest BCUT2D eigenvalue weighted by molar-refractivity contribution is 7.99. The van der Waals surface area contributed by atoms with Crippen LogP contribution in [0.3, 0.4) is 0 Å². The summed E-state index contributed by atoms with van der Waals surface area (Å²) >= 11 is 1.79. The van der Waals surface area contributed by atoms with Gasteiger partial charge in [0, 0.05) is 18.5 Å². The molecule has 1 heterocycles. The van der Waals surface area contributed by atoms with Crippen LogP contribution in [0.5, 0.6) is 0 Å². The van der Waals surface area contributed by atoms with E-state index in [0.717, 1.165) is 23.2 Å². The van der Waals surface area contributed by atoms with Crippen molar-refractivity contribution in [1.82, 2.24) is 15.3 Å². The molecule has 3 nitrogen and oxygen atoms in total. The van der Waals surface area contributed by atoms with Gasteiger partial charge >= 0.3 is 0 Å². The molecule has 1 fully saturated rings. The van der Waals surface area contributed by atoms with Gasteiger partial charge in [-0.15, -0.1) is 11.8 Å². The van der Waals surface area contributed by atoms with Crippen LogP contribution in [-0.4, -0.2) is 28.8 Å². The number of nitrogens with zero attached hydrogens (tertiary/aromatic N) is 2. The summed E-state index contributed by atoms with van der Waals surface area (Å²) in [6.07, 6.45) is 10.6. The quantitative estimate of drug-likeness (QED) is 0.479. The molecular formula is C13H21N3S. The van der Waals surface area contributed by atoms with Gasteiger partial charge in [0.05, 0.1) is 5.03 Å². The predicted octanol–water partition coefficient (Wildman–Crippen LogP) is 2.74. The second kappa shape index (κ2) is 7.67. The first-order chi connectivity index (χ1) is 8.45. The highest BCUT2D eigenvalue weighted by atomic mass is 32.2. The zero-order valence-corrected chi connectivity index (χ0v) is 11.1. The van der Waals surface area contributed by atoms with Crippen molar-refractivity contribution in [2.24, 2.45) is 5.92 Å². The minimum atomic E-state index is 0.924. The first kappa shape index (κ1) is 12.8. The van der Waals surface area contributed by atoms with Gasteiger partial charge < -0.3 is 5.32 Å². The van der Waals surface area contributed by atoms with Crippen molar-refractivity contribution in [3.8, 4) is 0 Å². The third kappa shape index (κ3) is 5.04. The third-order valence-electron chi connectivity index (χ3n) is 3.24. The average molecular weight is 251 g/mol. The third-order valence-corrected chi connectivity index (χ3v) is 4.19. The summed E-state index contributed by atoms with van der Waals surface area (Å²) in [5, 5.41) is 4.63. The van der Waals surface area contributed by atoms with E-state index in [0.29, 0.717) is 0 Å². The minimum absolute atomic E-state index is 0.924. The molecule has 0 atom stereocenters. The lowest BCUT2D eigenvalue weighted by atomic mass is 9.89. The fourth-order valence-electron chi connectivity index (χ4n) is 2.29. The second-order valence-corrected chi connectivity index (χ2v) is 5.72. The van der Waals surface area contributed by atoms with Crippen molar-refractivity contribution < 1.29 is 0 Å². The van der Waals surface area contributed by atoms with Gasteiger partial charge in [-0.2, -0.15) is 0 Å². The second-order valence-electron chi connectivity index (χ2n) is 4.60. The van der Waals surface area contributed by atoms with E-state index in [9.17, 15) is 0 Å². The highest BCUT2D eigenvalue weighted by Crippen LogP contribution is 2.22. The molecule has 4 heteroatoms. The van der Waals surface area contributed by atoms with Crippen LogP contribution in [0.25, 0.3) is 0 Å². The maximum atomic E-state index is 4.19. The first-order valence-corrected chi connectivity index (χ1v) is 7.53. The molecule has 1 aliphatic rings. The molecule has 94 valence electrons. The van der Waals surface area contributed by atoms with Gasteiger partial charge in [0.15, 0.2) is 0 Å². The summed E-state index contributed by atoms with van der Waals surface area (Å²) in [5.74, 6) is 2.01. The lowest BCUT2D eigenvalue weighted by Crippen LogP contribution is -2.26. The number of nitrogens with one attached hydrogen (secondary N) is 1. The Morgan fingerprint density at radius 1 is 1.29 bits per heavy atom. The molecule has 0 spiro atoms. The Labute approximate surface area is 108 Å². The lowest BCUT2D eigenvalue weighted by molar-refractivity contribution is 0.345. The summed E-state index contributed by atoms with van der Waals surface area (Å²) in [4.78, 5) is 8.10. The average Bonchev–Trinajstić information content (AvgIpc) is 2.41. The normalized spacial score (nSPS) is 17.2.